The van der Waals surface area contributed by atoms with Gasteiger partial charge in [0.15, 0.2) is 0 Å². The van der Waals surface area contributed by atoms with Crippen LogP contribution in [0.3, 0.4) is 0 Å². The van der Waals surface area contributed by atoms with Crippen LogP contribution in [-0.4, -0.2) is 96.6 Å². The van der Waals surface area contributed by atoms with E-state index >= 15 is 4.39 Å². The lowest BCUT2D eigenvalue weighted by molar-refractivity contribution is -0.144. The molecule has 0 aromatic rings. The average Bonchev–Trinajstić information content (AvgIpc) is 3.26. The molecule has 9 nitrogen and oxygen atoms in total. The van der Waals surface area contributed by atoms with E-state index in [0.29, 0.717) is 12.6 Å². The molecular formula is C34H56FN7O2. The van der Waals surface area contributed by atoms with Gasteiger partial charge in [0, 0.05) is 88.4 Å². The van der Waals surface area contributed by atoms with Gasteiger partial charge in [0.2, 0.25) is 11.8 Å². The van der Waals surface area contributed by atoms with Gasteiger partial charge in [-0.05, 0) is 56.9 Å². The number of fused-ring (bicyclic) bond motifs is 1. The third-order valence-corrected chi connectivity index (χ3v) is 12.3. The molecule has 0 aromatic carbocycles. The van der Waals surface area contributed by atoms with E-state index in [-0.39, 0.29) is 47.1 Å². The lowest BCUT2D eigenvalue weighted by atomic mass is 9.68. The first-order chi connectivity index (χ1) is 21.1. The zero-order chi connectivity index (χ0) is 31.1. The molecule has 5 N–H and O–H groups in total. The molecule has 4 fully saturated rings. The predicted molar refractivity (Wildman–Crippen MR) is 171 cm³/mol. The lowest BCUT2D eigenvalue weighted by Crippen LogP contribution is -2.61. The summed E-state index contributed by atoms with van der Waals surface area (Å²) < 4.78 is 15.1. The van der Waals surface area contributed by atoms with Gasteiger partial charge in [0.25, 0.3) is 0 Å². The molecule has 2 spiro atoms. The molecule has 1 saturated carbocycles. The minimum atomic E-state index is -0.571. The lowest BCUT2D eigenvalue weighted by Gasteiger charge is -2.54. The first-order valence-corrected chi connectivity index (χ1v) is 17.5. The van der Waals surface area contributed by atoms with E-state index in [0.717, 1.165) is 96.2 Å². The summed E-state index contributed by atoms with van der Waals surface area (Å²) in [6.45, 7) is 11.6. The number of nitrogens with zero attached hydrogens (tertiary/aromatic N) is 3. The fourth-order valence-corrected chi connectivity index (χ4v) is 9.27. The topological polar surface area (TPSA) is 106 Å². The monoisotopic (exact) mass is 613 g/mol. The van der Waals surface area contributed by atoms with Gasteiger partial charge in [0.05, 0.1) is 17.8 Å². The van der Waals surface area contributed by atoms with Crippen molar-refractivity contribution in [3.05, 3.63) is 23.3 Å². The normalized spacial score (nSPS) is 34.3. The quantitative estimate of drug-likeness (QED) is 0.378. The minimum Gasteiger partial charge on any atom is -0.373 e. The molecule has 5 atom stereocenters. The van der Waals surface area contributed by atoms with E-state index in [1.807, 2.05) is 4.90 Å². The molecular weight excluding hydrogens is 557 g/mol. The molecule has 6 aliphatic rings. The van der Waals surface area contributed by atoms with E-state index in [4.69, 9.17) is 5.73 Å². The number of amides is 2. The van der Waals surface area contributed by atoms with Crippen LogP contribution in [0.15, 0.2) is 23.3 Å². The molecule has 3 saturated heterocycles. The zero-order valence-corrected chi connectivity index (χ0v) is 27.3. The van der Waals surface area contributed by atoms with Gasteiger partial charge in [-0.2, -0.15) is 0 Å². The molecule has 44 heavy (non-hydrogen) atoms. The van der Waals surface area contributed by atoms with Crippen molar-refractivity contribution in [1.29, 1.82) is 0 Å². The maximum atomic E-state index is 15.1. The van der Waals surface area contributed by atoms with Crippen LogP contribution in [0.25, 0.3) is 0 Å². The van der Waals surface area contributed by atoms with Crippen LogP contribution in [0, 0.1) is 16.7 Å². The van der Waals surface area contributed by atoms with Crippen molar-refractivity contribution in [3.63, 3.8) is 0 Å². The van der Waals surface area contributed by atoms with Gasteiger partial charge in [-0.25, -0.2) is 4.39 Å². The number of piperidine rings is 1. The van der Waals surface area contributed by atoms with Crippen LogP contribution in [-0.2, 0) is 9.59 Å². The summed E-state index contributed by atoms with van der Waals surface area (Å²) in [6, 6.07) is 0.0707. The molecule has 1 aliphatic carbocycles. The van der Waals surface area contributed by atoms with Crippen LogP contribution in [0.4, 0.5) is 4.39 Å². The molecule has 5 heterocycles. The third-order valence-electron chi connectivity index (χ3n) is 12.3. The zero-order valence-electron chi connectivity index (χ0n) is 27.3. The van der Waals surface area contributed by atoms with Crippen LogP contribution < -0.4 is 21.7 Å². The number of halogens is 1. The van der Waals surface area contributed by atoms with Crippen LogP contribution in [0.5, 0.6) is 0 Å². The Balaban J connectivity index is 1.23. The van der Waals surface area contributed by atoms with E-state index in [1.165, 1.54) is 18.5 Å². The summed E-state index contributed by atoms with van der Waals surface area (Å²) in [4.78, 5) is 33.2. The second-order valence-electron chi connectivity index (χ2n) is 15.0. The van der Waals surface area contributed by atoms with Crippen molar-refractivity contribution in [2.24, 2.45) is 22.5 Å². The van der Waals surface area contributed by atoms with Crippen LogP contribution in [0.2, 0.25) is 0 Å². The fraction of sp³-hybridized carbons (Fsp3) is 0.824. The largest absolute Gasteiger partial charge is 0.373 e. The summed E-state index contributed by atoms with van der Waals surface area (Å²) in [6.07, 6.45) is 12.9. The highest BCUT2D eigenvalue weighted by molar-refractivity contribution is 5.82. The number of hydrogen-bond acceptors (Lipinski definition) is 7. The summed E-state index contributed by atoms with van der Waals surface area (Å²) >= 11 is 0. The molecule has 6 rings (SSSR count). The smallest absolute Gasteiger partial charge is 0.231 e. The fourth-order valence-electron chi connectivity index (χ4n) is 9.27. The Kier molecular flexibility index (Phi) is 9.45. The first-order valence-electron chi connectivity index (χ1n) is 17.5. The van der Waals surface area contributed by atoms with E-state index in [9.17, 15) is 9.59 Å². The maximum Gasteiger partial charge on any atom is 0.231 e. The van der Waals surface area contributed by atoms with Crippen molar-refractivity contribution < 1.29 is 14.0 Å². The van der Waals surface area contributed by atoms with Gasteiger partial charge in [-0.1, -0.05) is 32.6 Å². The third kappa shape index (κ3) is 6.33. The van der Waals surface area contributed by atoms with Crippen LogP contribution in [0.1, 0.15) is 91.4 Å². The highest BCUT2D eigenvalue weighted by Crippen LogP contribution is 2.47. The Hall–Kier alpha value is -2.01. The van der Waals surface area contributed by atoms with Crippen molar-refractivity contribution in [3.8, 4) is 0 Å². The van der Waals surface area contributed by atoms with Crippen molar-refractivity contribution in [2.75, 3.05) is 45.8 Å². The Morgan fingerprint density at radius 1 is 1.11 bits per heavy atom. The number of carbonyl (C=O) groups excluding carboxylic acids is 2. The molecule has 10 heteroatoms. The SMILES string of the molecule is CCC(C)N1CCC(N2CCC3(CC2)CN(C(C)=O)C3)=C(NC(=O)C2C(N)NC3/C=C(/F)CNC2CC32CCCCCC2)C1. The molecule has 246 valence electrons. The Bertz CT molecular complexity index is 1130. The minimum absolute atomic E-state index is 0.0581. The number of nitrogens with two attached hydrogens (primary N) is 1. The molecule has 5 aliphatic heterocycles. The van der Waals surface area contributed by atoms with E-state index in [2.05, 4.69) is 39.6 Å². The van der Waals surface area contributed by atoms with Gasteiger partial charge in [-0.3, -0.25) is 19.8 Å². The Labute approximate surface area is 263 Å². The summed E-state index contributed by atoms with van der Waals surface area (Å²) in [5.41, 5.74) is 9.27. The number of likely N-dealkylation sites (tertiary alicyclic amines) is 2. The van der Waals surface area contributed by atoms with Gasteiger partial charge in [-0.15, -0.1) is 0 Å². The van der Waals surface area contributed by atoms with Gasteiger partial charge in [0.1, 0.15) is 5.83 Å². The molecule has 5 unspecified atom stereocenters. The Morgan fingerprint density at radius 3 is 2.48 bits per heavy atom. The number of hydrogen-bond donors (Lipinski definition) is 4. The first kappa shape index (κ1) is 32.0. The highest BCUT2D eigenvalue weighted by atomic mass is 19.1. The summed E-state index contributed by atoms with van der Waals surface area (Å²) in [7, 11) is 0. The second kappa shape index (κ2) is 13.0. The van der Waals surface area contributed by atoms with Gasteiger partial charge >= 0.3 is 0 Å². The molecule has 2 bridgehead atoms. The van der Waals surface area contributed by atoms with Crippen LogP contribution >= 0.6 is 0 Å². The molecule has 2 amide bonds. The average molecular weight is 614 g/mol. The van der Waals surface area contributed by atoms with Gasteiger partial charge < -0.3 is 26.2 Å². The van der Waals surface area contributed by atoms with Crippen molar-refractivity contribution in [2.45, 2.75) is 116 Å². The predicted octanol–water partition coefficient (Wildman–Crippen LogP) is 3.19. The molecule has 0 radical (unpaired) electrons. The highest BCUT2D eigenvalue weighted by Gasteiger charge is 2.50. The maximum absolute atomic E-state index is 15.1. The summed E-state index contributed by atoms with van der Waals surface area (Å²) in [5, 5.41) is 10.5. The summed E-state index contributed by atoms with van der Waals surface area (Å²) in [5.74, 6) is -0.555. The second-order valence-corrected chi connectivity index (χ2v) is 15.0. The number of rotatable bonds is 5. The number of nitrogens with one attached hydrogen (secondary N) is 3. The number of carbonyl (C=O) groups is 2. The van der Waals surface area contributed by atoms with Crippen molar-refractivity contribution in [1.82, 2.24) is 30.7 Å². The molecule has 0 aromatic heterocycles. The Morgan fingerprint density at radius 2 is 1.82 bits per heavy atom. The van der Waals surface area contributed by atoms with E-state index in [1.54, 1.807) is 13.0 Å². The van der Waals surface area contributed by atoms with Crippen molar-refractivity contribution >= 4 is 11.8 Å². The standard InChI is InChI=1S/C34H56FN7O2/c1-4-23(2)41-14-9-28(40-15-12-33(13-16-40)21-42(22-33)24(3)43)27(20-41)38-32(44)30-26-18-34(10-7-5-6-8-11-34)29(39-31(30)36)17-25(35)19-37-26/h17,23,26,29-31,37,39H,4-16,18-22,36H2,1-3H3,(H,38,44)/b25-17+. The van der Waals surface area contributed by atoms with E-state index < -0.39 is 12.1 Å².